The third kappa shape index (κ3) is 21.3. The molecule has 0 aliphatic rings. The van der Waals surface area contributed by atoms with E-state index in [0.717, 1.165) is 12.8 Å². The van der Waals surface area contributed by atoms with Crippen LogP contribution in [-0.4, -0.2) is 62.7 Å². The maximum Gasteiger partial charge on any atom is 0.303 e. The molecule has 28 heavy (non-hydrogen) atoms. The predicted octanol–water partition coefficient (Wildman–Crippen LogP) is 2.81. The van der Waals surface area contributed by atoms with Gasteiger partial charge in [-0.15, -0.1) is 0 Å². The second-order valence-corrected chi connectivity index (χ2v) is 7.25. The smallest absolute Gasteiger partial charge is 0.303 e. The molecule has 0 radical (unpaired) electrons. The van der Waals surface area contributed by atoms with E-state index in [9.17, 15) is 9.59 Å². The van der Waals surface area contributed by atoms with Gasteiger partial charge in [-0.3, -0.25) is 4.79 Å². The van der Waals surface area contributed by atoms with Gasteiger partial charge in [0.2, 0.25) is 0 Å². The Morgan fingerprint density at radius 2 is 1.18 bits per heavy atom. The summed E-state index contributed by atoms with van der Waals surface area (Å²) in [5.41, 5.74) is 0. The van der Waals surface area contributed by atoms with Gasteiger partial charge >= 0.3 is 5.97 Å². The molecule has 0 saturated carbocycles. The van der Waals surface area contributed by atoms with Crippen molar-refractivity contribution in [1.29, 1.82) is 0 Å². The summed E-state index contributed by atoms with van der Waals surface area (Å²) in [5.74, 6) is -0.655. The van der Waals surface area contributed by atoms with E-state index in [1.165, 1.54) is 70.6 Å². The Balaban J connectivity index is 0. The van der Waals surface area contributed by atoms with Gasteiger partial charge in [-0.25, -0.2) is 0 Å². The van der Waals surface area contributed by atoms with Gasteiger partial charge in [0.1, 0.15) is 18.3 Å². The lowest BCUT2D eigenvalue weighted by Gasteiger charge is -2.16. The van der Waals surface area contributed by atoms with Crippen LogP contribution in [0.3, 0.4) is 0 Å². The first-order chi connectivity index (χ1) is 13.4. The molecule has 0 unspecified atom stereocenters. The Morgan fingerprint density at radius 1 is 0.786 bits per heavy atom. The van der Waals surface area contributed by atoms with E-state index in [4.69, 9.17) is 25.5 Å². The molecule has 5 N–H and O–H groups in total. The highest BCUT2D eigenvalue weighted by Gasteiger charge is 2.22. The van der Waals surface area contributed by atoms with Crippen molar-refractivity contribution in [2.45, 2.75) is 115 Å². The number of unbranched alkanes of at least 4 members (excludes halogenated alkanes) is 12. The van der Waals surface area contributed by atoms with E-state index in [-0.39, 0.29) is 6.29 Å². The fraction of sp³-hybridized carbons (Fsp3) is 0.905. The number of hydrogen-bond donors (Lipinski definition) is 5. The number of rotatable bonds is 18. The van der Waals surface area contributed by atoms with Crippen LogP contribution in [0.1, 0.15) is 96.8 Å². The number of carbonyl (C=O) groups excluding carboxylic acids is 1. The minimum absolute atomic E-state index is 0.0869. The summed E-state index contributed by atoms with van der Waals surface area (Å²) in [6, 6.07) is 0. The molecule has 0 aliphatic carbocycles. The molecule has 0 heterocycles. The average Bonchev–Trinajstić information content (AvgIpc) is 2.69. The minimum Gasteiger partial charge on any atom is -0.481 e. The SMILES string of the molecule is CCCCCCCCCCCCCCCC(=O)O.O=C[C@H](O)[C@H](O)[C@H](O)CO. The van der Waals surface area contributed by atoms with Crippen molar-refractivity contribution in [1.82, 2.24) is 0 Å². The van der Waals surface area contributed by atoms with Crippen LogP contribution in [0.5, 0.6) is 0 Å². The Morgan fingerprint density at radius 3 is 1.50 bits per heavy atom. The van der Waals surface area contributed by atoms with Crippen molar-refractivity contribution in [2.75, 3.05) is 6.61 Å². The number of aldehydes is 1. The first-order valence-electron chi connectivity index (χ1n) is 10.7. The molecule has 0 spiro atoms. The average molecular weight is 407 g/mol. The van der Waals surface area contributed by atoms with Gasteiger partial charge in [-0.05, 0) is 6.42 Å². The zero-order valence-electron chi connectivity index (χ0n) is 17.5. The first kappa shape index (κ1) is 29.2. The number of hydrogen-bond acceptors (Lipinski definition) is 6. The lowest BCUT2D eigenvalue weighted by Crippen LogP contribution is -2.40. The number of aliphatic hydroxyl groups is 4. The van der Waals surface area contributed by atoms with Gasteiger partial charge in [0.05, 0.1) is 6.61 Å². The van der Waals surface area contributed by atoms with Crippen LogP contribution in [0.15, 0.2) is 0 Å². The number of carboxylic acid groups (broad SMARTS) is 1. The summed E-state index contributed by atoms with van der Waals surface area (Å²) in [4.78, 5) is 20.1. The molecule has 7 nitrogen and oxygen atoms in total. The second kappa shape index (κ2) is 22.3. The molecule has 0 aromatic carbocycles. The molecule has 0 aromatic rings. The second-order valence-electron chi connectivity index (χ2n) is 7.25. The molecule has 0 fully saturated rings. The maximum absolute atomic E-state index is 10.3. The highest BCUT2D eigenvalue weighted by Crippen LogP contribution is 2.12. The molecule has 0 aromatic heterocycles. The highest BCUT2D eigenvalue weighted by atomic mass is 16.4. The Labute approximate surface area is 169 Å². The molecule has 0 amide bonds. The summed E-state index contributed by atoms with van der Waals surface area (Å²) in [5, 5.41) is 42.5. The zero-order chi connectivity index (χ0) is 21.6. The molecule has 0 saturated heterocycles. The largest absolute Gasteiger partial charge is 0.481 e. The van der Waals surface area contributed by atoms with Gasteiger partial charge in [-0.1, -0.05) is 84.0 Å². The molecule has 0 bridgehead atoms. The first-order valence-corrected chi connectivity index (χ1v) is 10.7. The number of aliphatic hydroxyl groups excluding tert-OH is 4. The molecule has 168 valence electrons. The maximum atomic E-state index is 10.3. The Hall–Kier alpha value is -1.02. The molecule has 0 rings (SSSR count). The molecule has 0 aliphatic heterocycles. The van der Waals surface area contributed by atoms with Gasteiger partial charge in [0.15, 0.2) is 6.29 Å². The van der Waals surface area contributed by atoms with E-state index in [0.29, 0.717) is 6.42 Å². The van der Waals surface area contributed by atoms with Crippen LogP contribution >= 0.6 is 0 Å². The van der Waals surface area contributed by atoms with Gasteiger partial charge in [0, 0.05) is 6.42 Å². The number of carbonyl (C=O) groups is 2. The van der Waals surface area contributed by atoms with Crippen molar-refractivity contribution < 1.29 is 35.1 Å². The van der Waals surface area contributed by atoms with Crippen LogP contribution in [0.25, 0.3) is 0 Å². The van der Waals surface area contributed by atoms with Gasteiger partial charge < -0.3 is 30.3 Å². The van der Waals surface area contributed by atoms with Crippen molar-refractivity contribution in [3.63, 3.8) is 0 Å². The monoisotopic (exact) mass is 406 g/mol. The van der Waals surface area contributed by atoms with E-state index in [1.807, 2.05) is 0 Å². The van der Waals surface area contributed by atoms with E-state index < -0.39 is 30.9 Å². The minimum atomic E-state index is -1.64. The Bertz CT molecular complexity index is 350. The van der Waals surface area contributed by atoms with E-state index in [1.54, 1.807) is 0 Å². The van der Waals surface area contributed by atoms with Crippen molar-refractivity contribution in [2.24, 2.45) is 0 Å². The van der Waals surface area contributed by atoms with E-state index in [2.05, 4.69) is 6.92 Å². The van der Waals surface area contributed by atoms with Crippen LogP contribution in [0.4, 0.5) is 0 Å². The van der Waals surface area contributed by atoms with Crippen LogP contribution in [0.2, 0.25) is 0 Å². The third-order valence-electron chi connectivity index (χ3n) is 4.56. The predicted molar refractivity (Wildman–Crippen MR) is 109 cm³/mol. The Kier molecular flexibility index (Phi) is 23.2. The van der Waals surface area contributed by atoms with Gasteiger partial charge in [0.25, 0.3) is 0 Å². The standard InChI is InChI=1S/C16H32O2.C5H10O5/c1-2-3-4-5-6-7-8-9-10-11-12-13-14-15-16(17)18;6-1-3(8)5(10)4(9)2-7/h2-15H2,1H3,(H,17,18);1,3-5,7-10H,2H2/t;3-,4+,5-/m.0/s1. The lowest BCUT2D eigenvalue weighted by molar-refractivity contribution is -0.137. The topological polar surface area (TPSA) is 135 Å². The number of carboxylic acids is 1. The summed E-state index contributed by atoms with van der Waals surface area (Å²) >= 11 is 0. The summed E-state index contributed by atoms with van der Waals surface area (Å²) in [6.45, 7) is 1.57. The summed E-state index contributed by atoms with van der Waals surface area (Å²) < 4.78 is 0. The van der Waals surface area contributed by atoms with Crippen molar-refractivity contribution in [3.8, 4) is 0 Å². The fourth-order valence-electron chi connectivity index (χ4n) is 2.71. The summed E-state index contributed by atoms with van der Waals surface area (Å²) in [6.07, 6.45) is 12.6. The normalized spacial score (nSPS) is 13.9. The summed E-state index contributed by atoms with van der Waals surface area (Å²) in [7, 11) is 0. The quantitative estimate of drug-likeness (QED) is 0.174. The van der Waals surface area contributed by atoms with Crippen molar-refractivity contribution in [3.05, 3.63) is 0 Å². The lowest BCUT2D eigenvalue weighted by atomic mass is 10.0. The van der Waals surface area contributed by atoms with Crippen LogP contribution in [-0.2, 0) is 9.59 Å². The van der Waals surface area contributed by atoms with Crippen molar-refractivity contribution >= 4 is 12.3 Å². The zero-order valence-corrected chi connectivity index (χ0v) is 17.5. The highest BCUT2D eigenvalue weighted by molar-refractivity contribution is 5.66. The van der Waals surface area contributed by atoms with E-state index >= 15 is 0 Å². The molecular weight excluding hydrogens is 364 g/mol. The molecule has 3 atom stereocenters. The van der Waals surface area contributed by atoms with Crippen LogP contribution < -0.4 is 0 Å². The number of aliphatic carboxylic acids is 1. The van der Waals surface area contributed by atoms with Gasteiger partial charge in [-0.2, -0.15) is 0 Å². The fourth-order valence-corrected chi connectivity index (χ4v) is 2.71. The molecule has 7 heteroatoms. The third-order valence-corrected chi connectivity index (χ3v) is 4.56. The molecular formula is C21H42O7. The van der Waals surface area contributed by atoms with Crippen LogP contribution in [0, 0.1) is 0 Å².